The van der Waals surface area contributed by atoms with Crippen LogP contribution in [0.15, 0.2) is 16.6 Å². The van der Waals surface area contributed by atoms with Gasteiger partial charge in [-0.2, -0.15) is 0 Å². The Hall–Kier alpha value is -2.32. The van der Waals surface area contributed by atoms with Crippen LogP contribution < -0.4 is 5.56 Å². The third-order valence-corrected chi connectivity index (χ3v) is 5.19. The Morgan fingerprint density at radius 3 is 2.81 bits per heavy atom. The third kappa shape index (κ3) is 3.34. The Kier molecular flexibility index (Phi) is 5.33. The van der Waals surface area contributed by atoms with Gasteiger partial charge in [0.1, 0.15) is 0 Å². The van der Waals surface area contributed by atoms with E-state index in [9.17, 15) is 14.7 Å². The highest BCUT2D eigenvalue weighted by Gasteiger charge is 2.30. The predicted octanol–water partition coefficient (Wildman–Crippen LogP) is 2.18. The molecule has 0 saturated heterocycles. The lowest BCUT2D eigenvalue weighted by Crippen LogP contribution is -2.24. The molecule has 1 aromatic heterocycles. The van der Waals surface area contributed by atoms with Crippen molar-refractivity contribution in [3.05, 3.63) is 38.8 Å². The first-order valence-electron chi connectivity index (χ1n) is 9.23. The van der Waals surface area contributed by atoms with Gasteiger partial charge in [-0.15, -0.1) is 0 Å². The molecule has 0 aliphatic heterocycles. The highest BCUT2D eigenvalue weighted by Crippen LogP contribution is 2.34. The number of esters is 1. The molecule has 2 aliphatic rings. The summed E-state index contributed by atoms with van der Waals surface area (Å²) >= 11 is 0. The van der Waals surface area contributed by atoms with Crippen molar-refractivity contribution in [2.75, 3.05) is 6.61 Å². The van der Waals surface area contributed by atoms with Gasteiger partial charge in [0.2, 0.25) is 0 Å². The first-order valence-corrected chi connectivity index (χ1v) is 9.23. The molecule has 138 valence electrons. The van der Waals surface area contributed by atoms with Gasteiger partial charge in [-0.3, -0.25) is 4.79 Å². The van der Waals surface area contributed by atoms with Crippen LogP contribution in [-0.2, 0) is 23.0 Å². The Balaban J connectivity index is 2.08. The van der Waals surface area contributed by atoms with Gasteiger partial charge in [-0.25, -0.2) is 4.79 Å². The van der Waals surface area contributed by atoms with E-state index in [0.29, 0.717) is 28.7 Å². The van der Waals surface area contributed by atoms with E-state index in [1.807, 2.05) is 6.92 Å². The first-order chi connectivity index (χ1) is 12.4. The van der Waals surface area contributed by atoms with Crippen LogP contribution in [-0.4, -0.2) is 28.4 Å². The van der Waals surface area contributed by atoms with Crippen molar-refractivity contribution in [3.8, 4) is 11.8 Å². The van der Waals surface area contributed by atoms with E-state index >= 15 is 0 Å². The zero-order valence-electron chi connectivity index (χ0n) is 15.6. The van der Waals surface area contributed by atoms with Crippen LogP contribution >= 0.6 is 0 Å². The maximum absolute atomic E-state index is 12.5. The Morgan fingerprint density at radius 1 is 1.38 bits per heavy atom. The summed E-state index contributed by atoms with van der Waals surface area (Å²) in [5.41, 5.74) is 3.06. The van der Waals surface area contributed by atoms with Gasteiger partial charge in [0.05, 0.1) is 18.3 Å². The lowest BCUT2D eigenvalue weighted by molar-refractivity contribution is -0.136. The summed E-state index contributed by atoms with van der Waals surface area (Å²) in [4.78, 5) is 25.0. The number of rotatable bonds is 2. The predicted molar refractivity (Wildman–Crippen MR) is 99.5 cm³/mol. The average Bonchev–Trinajstić information content (AvgIpc) is 2.96. The van der Waals surface area contributed by atoms with Crippen molar-refractivity contribution in [1.29, 1.82) is 0 Å². The van der Waals surface area contributed by atoms with E-state index in [2.05, 4.69) is 11.8 Å². The van der Waals surface area contributed by atoms with Crippen LogP contribution in [0.2, 0.25) is 0 Å². The number of allylic oxidation sites excluding steroid dienone is 1. The summed E-state index contributed by atoms with van der Waals surface area (Å²) in [5.74, 6) is 5.86. The summed E-state index contributed by atoms with van der Waals surface area (Å²) < 4.78 is 6.71. The van der Waals surface area contributed by atoms with Gasteiger partial charge in [0.25, 0.3) is 5.56 Å². The molecule has 0 amide bonds. The quantitative estimate of drug-likeness (QED) is 0.652. The number of nitrogens with zero attached hydrogens (tertiary/aromatic N) is 1. The number of pyridine rings is 1. The molecule has 3 rings (SSSR count). The van der Waals surface area contributed by atoms with Crippen LogP contribution in [0, 0.1) is 17.8 Å². The Labute approximate surface area is 153 Å². The molecule has 0 aromatic carbocycles. The molecule has 5 nitrogen and oxygen atoms in total. The van der Waals surface area contributed by atoms with E-state index in [0.717, 1.165) is 31.3 Å². The van der Waals surface area contributed by atoms with Crippen molar-refractivity contribution in [1.82, 2.24) is 4.57 Å². The molecule has 5 heteroatoms. The summed E-state index contributed by atoms with van der Waals surface area (Å²) in [6, 6.07) is 0. The molecular formula is C21H25NO4. The second kappa shape index (κ2) is 7.51. The number of carbonyl (C=O) groups is 1. The molecule has 0 unspecified atom stereocenters. The number of aliphatic hydroxyl groups is 1. The van der Waals surface area contributed by atoms with Gasteiger partial charge in [-0.05, 0) is 26.7 Å². The summed E-state index contributed by atoms with van der Waals surface area (Å²) in [7, 11) is 1.70. The zero-order valence-corrected chi connectivity index (χ0v) is 15.6. The maximum atomic E-state index is 12.5. The van der Waals surface area contributed by atoms with Crippen LogP contribution in [0.25, 0.3) is 5.57 Å². The topological polar surface area (TPSA) is 68.5 Å². The van der Waals surface area contributed by atoms with Crippen LogP contribution in [0.4, 0.5) is 0 Å². The SMILES string of the molecule is CCOC(=O)C1=C(C)Cc2c1c(C#C[C@@H]1CCCC[C@H]1O)cn(C)c2=O. The minimum Gasteiger partial charge on any atom is -0.462 e. The normalized spacial score (nSPS) is 21.8. The lowest BCUT2D eigenvalue weighted by atomic mass is 9.87. The molecule has 1 N–H and O–H groups in total. The monoisotopic (exact) mass is 355 g/mol. The van der Waals surface area contributed by atoms with Gasteiger partial charge in [0.15, 0.2) is 0 Å². The van der Waals surface area contributed by atoms with E-state index in [1.165, 1.54) is 4.57 Å². The number of aryl methyl sites for hydroxylation is 1. The number of carbonyl (C=O) groups excluding carboxylic acids is 1. The minimum absolute atomic E-state index is 0.0610. The number of fused-ring (bicyclic) bond motifs is 1. The van der Waals surface area contributed by atoms with Gasteiger partial charge in [-0.1, -0.05) is 30.3 Å². The van der Waals surface area contributed by atoms with E-state index in [-0.39, 0.29) is 18.1 Å². The zero-order chi connectivity index (χ0) is 18.8. The molecule has 1 aromatic rings. The number of ether oxygens (including phenoxy) is 1. The summed E-state index contributed by atoms with van der Waals surface area (Å²) in [5, 5.41) is 10.2. The number of hydrogen-bond acceptors (Lipinski definition) is 4. The van der Waals surface area contributed by atoms with Gasteiger partial charge >= 0.3 is 5.97 Å². The molecule has 0 bridgehead atoms. The Morgan fingerprint density at radius 2 is 2.12 bits per heavy atom. The number of hydrogen-bond donors (Lipinski definition) is 1. The average molecular weight is 355 g/mol. The second-order valence-electron chi connectivity index (χ2n) is 7.09. The summed E-state index contributed by atoms with van der Waals surface area (Å²) in [6.45, 7) is 3.90. The molecule has 1 saturated carbocycles. The van der Waals surface area contributed by atoms with Gasteiger partial charge in [0, 0.05) is 42.3 Å². The maximum Gasteiger partial charge on any atom is 0.338 e. The first kappa shape index (κ1) is 18.5. The standard InChI is InChI=1S/C21H25NO4/c1-4-26-21(25)18-13(2)11-16-19(18)15(12-22(3)20(16)24)10-9-14-7-5-6-8-17(14)23/h12,14,17,23H,4-8,11H2,1-3H3/t14-,17+/m0/s1. The smallest absolute Gasteiger partial charge is 0.338 e. The number of aliphatic hydroxyl groups excluding tert-OH is 1. The fourth-order valence-electron chi connectivity index (χ4n) is 3.84. The van der Waals surface area contributed by atoms with E-state index in [1.54, 1.807) is 20.2 Å². The van der Waals surface area contributed by atoms with Crippen LogP contribution in [0.1, 0.15) is 56.2 Å². The highest BCUT2D eigenvalue weighted by molar-refractivity contribution is 6.19. The van der Waals surface area contributed by atoms with Crippen LogP contribution in [0.3, 0.4) is 0 Å². The van der Waals surface area contributed by atoms with Crippen molar-refractivity contribution in [2.24, 2.45) is 13.0 Å². The van der Waals surface area contributed by atoms with Crippen molar-refractivity contribution < 1.29 is 14.6 Å². The Bertz CT molecular complexity index is 882. The van der Waals surface area contributed by atoms with E-state index < -0.39 is 12.1 Å². The third-order valence-electron chi connectivity index (χ3n) is 5.19. The second-order valence-corrected chi connectivity index (χ2v) is 7.09. The number of aromatic nitrogens is 1. The van der Waals surface area contributed by atoms with Crippen molar-refractivity contribution in [2.45, 2.75) is 52.1 Å². The van der Waals surface area contributed by atoms with Crippen molar-refractivity contribution in [3.63, 3.8) is 0 Å². The van der Waals surface area contributed by atoms with Gasteiger partial charge < -0.3 is 14.4 Å². The molecule has 1 heterocycles. The minimum atomic E-state index is -0.405. The molecule has 0 spiro atoms. The fraction of sp³-hybridized carbons (Fsp3) is 0.524. The fourth-order valence-corrected chi connectivity index (χ4v) is 3.84. The molecule has 26 heavy (non-hydrogen) atoms. The van der Waals surface area contributed by atoms with E-state index in [4.69, 9.17) is 4.74 Å². The molecular weight excluding hydrogens is 330 g/mol. The molecule has 2 atom stereocenters. The molecule has 2 aliphatic carbocycles. The summed E-state index contributed by atoms with van der Waals surface area (Å²) in [6.07, 6.45) is 5.47. The highest BCUT2D eigenvalue weighted by atomic mass is 16.5. The lowest BCUT2D eigenvalue weighted by Gasteiger charge is -2.22. The largest absolute Gasteiger partial charge is 0.462 e. The van der Waals surface area contributed by atoms with Crippen LogP contribution in [0.5, 0.6) is 0 Å². The molecule has 1 fully saturated rings. The molecule has 0 radical (unpaired) electrons. The van der Waals surface area contributed by atoms with Crippen molar-refractivity contribution >= 4 is 11.5 Å².